The molecule has 1 aromatic rings. The highest BCUT2D eigenvalue weighted by atomic mass is 16.5. The van der Waals surface area contributed by atoms with Crippen molar-refractivity contribution in [2.24, 2.45) is 0 Å². The molecule has 0 aliphatic heterocycles. The molecule has 2 saturated carbocycles. The first-order valence-corrected chi connectivity index (χ1v) is 12.2. The maximum absolute atomic E-state index is 13.1. The van der Waals surface area contributed by atoms with Gasteiger partial charge in [-0.2, -0.15) is 0 Å². The summed E-state index contributed by atoms with van der Waals surface area (Å²) in [7, 11) is 0. The molecule has 0 heterocycles. The molecule has 0 atom stereocenters. The molecule has 2 aliphatic rings. The van der Waals surface area contributed by atoms with E-state index in [1.165, 1.54) is 12.8 Å². The SMILES string of the molecule is CCCCCCOC(=O)c1ccc(C(=O)O)c(C2CCCCC2)c1C1CCCCC1. The summed E-state index contributed by atoms with van der Waals surface area (Å²) < 4.78 is 5.66. The molecule has 0 amide bonds. The second-order valence-corrected chi connectivity index (χ2v) is 9.16. The van der Waals surface area contributed by atoms with Gasteiger partial charge in [-0.15, -0.1) is 0 Å². The summed E-state index contributed by atoms with van der Waals surface area (Å²) >= 11 is 0. The lowest BCUT2D eigenvalue weighted by atomic mass is 9.72. The third kappa shape index (κ3) is 5.65. The Labute approximate surface area is 181 Å². The van der Waals surface area contributed by atoms with Crippen LogP contribution in [-0.2, 0) is 4.74 Å². The van der Waals surface area contributed by atoms with Crippen LogP contribution in [-0.4, -0.2) is 23.7 Å². The fraction of sp³-hybridized carbons (Fsp3) is 0.692. The van der Waals surface area contributed by atoms with Crippen molar-refractivity contribution in [3.8, 4) is 0 Å². The molecular weight excluding hydrogens is 376 g/mol. The summed E-state index contributed by atoms with van der Waals surface area (Å²) in [5.74, 6) is -0.607. The van der Waals surface area contributed by atoms with E-state index in [2.05, 4.69) is 6.92 Å². The van der Waals surface area contributed by atoms with Crippen LogP contribution in [0.4, 0.5) is 0 Å². The lowest BCUT2D eigenvalue weighted by Gasteiger charge is -2.32. The smallest absolute Gasteiger partial charge is 0.338 e. The first-order chi connectivity index (χ1) is 14.6. The number of carbonyl (C=O) groups is 2. The van der Waals surface area contributed by atoms with E-state index in [-0.39, 0.29) is 17.8 Å². The maximum Gasteiger partial charge on any atom is 0.338 e. The summed E-state index contributed by atoms with van der Waals surface area (Å²) in [5.41, 5.74) is 3.00. The van der Waals surface area contributed by atoms with Crippen molar-refractivity contribution in [3.05, 3.63) is 34.4 Å². The molecule has 1 N–H and O–H groups in total. The lowest BCUT2D eigenvalue weighted by molar-refractivity contribution is 0.0494. The number of carboxylic acids is 1. The van der Waals surface area contributed by atoms with Gasteiger partial charge in [-0.1, -0.05) is 64.7 Å². The average Bonchev–Trinajstić information content (AvgIpc) is 2.79. The molecule has 0 aromatic heterocycles. The van der Waals surface area contributed by atoms with Crippen LogP contribution in [0, 0.1) is 0 Å². The van der Waals surface area contributed by atoms with Gasteiger partial charge in [-0.3, -0.25) is 0 Å². The van der Waals surface area contributed by atoms with Gasteiger partial charge in [0.15, 0.2) is 0 Å². The summed E-state index contributed by atoms with van der Waals surface area (Å²) in [6.07, 6.45) is 15.4. The molecule has 0 bridgehead atoms. The Morgan fingerprint density at radius 3 is 1.90 bits per heavy atom. The maximum atomic E-state index is 13.1. The number of ether oxygens (including phenoxy) is 1. The molecule has 166 valence electrons. The number of hydrogen-bond donors (Lipinski definition) is 1. The topological polar surface area (TPSA) is 63.6 Å². The van der Waals surface area contributed by atoms with Gasteiger partial charge in [0.2, 0.25) is 0 Å². The Kier molecular flexibility index (Phi) is 8.77. The van der Waals surface area contributed by atoms with Crippen LogP contribution in [0.3, 0.4) is 0 Å². The predicted octanol–water partition coefficient (Wildman–Crippen LogP) is 7.22. The highest BCUT2D eigenvalue weighted by Crippen LogP contribution is 2.44. The van der Waals surface area contributed by atoms with E-state index in [9.17, 15) is 14.7 Å². The Bertz CT molecular complexity index is 712. The zero-order valence-corrected chi connectivity index (χ0v) is 18.6. The van der Waals surface area contributed by atoms with E-state index < -0.39 is 5.97 Å². The van der Waals surface area contributed by atoms with Crippen LogP contribution in [0.25, 0.3) is 0 Å². The van der Waals surface area contributed by atoms with Crippen molar-refractivity contribution in [2.75, 3.05) is 6.61 Å². The van der Waals surface area contributed by atoms with Gasteiger partial charge in [-0.25, -0.2) is 9.59 Å². The zero-order valence-electron chi connectivity index (χ0n) is 18.6. The lowest BCUT2D eigenvalue weighted by Crippen LogP contribution is -2.21. The number of esters is 1. The first kappa shape index (κ1) is 22.8. The number of carbonyl (C=O) groups excluding carboxylic acids is 1. The van der Waals surface area contributed by atoms with E-state index in [0.717, 1.165) is 88.2 Å². The van der Waals surface area contributed by atoms with E-state index in [1.54, 1.807) is 12.1 Å². The van der Waals surface area contributed by atoms with Gasteiger partial charge in [-0.05, 0) is 67.2 Å². The largest absolute Gasteiger partial charge is 0.478 e. The molecular formula is C26H38O4. The van der Waals surface area contributed by atoms with Crippen molar-refractivity contribution >= 4 is 11.9 Å². The summed E-state index contributed by atoms with van der Waals surface area (Å²) in [6.45, 7) is 2.61. The minimum atomic E-state index is -0.868. The fourth-order valence-corrected chi connectivity index (χ4v) is 5.43. The first-order valence-electron chi connectivity index (χ1n) is 12.2. The molecule has 0 unspecified atom stereocenters. The number of benzene rings is 1. The number of unbranched alkanes of at least 4 members (excludes halogenated alkanes) is 3. The van der Waals surface area contributed by atoms with Gasteiger partial charge < -0.3 is 9.84 Å². The number of rotatable bonds is 9. The highest BCUT2D eigenvalue weighted by molar-refractivity contribution is 5.96. The Morgan fingerprint density at radius 2 is 1.37 bits per heavy atom. The van der Waals surface area contributed by atoms with Crippen molar-refractivity contribution in [1.29, 1.82) is 0 Å². The summed E-state index contributed by atoms with van der Waals surface area (Å²) in [5, 5.41) is 9.96. The Morgan fingerprint density at radius 1 is 0.833 bits per heavy atom. The monoisotopic (exact) mass is 414 g/mol. The van der Waals surface area contributed by atoms with Gasteiger partial charge in [0, 0.05) is 0 Å². The molecule has 1 aromatic carbocycles. The normalized spacial score (nSPS) is 18.3. The number of aromatic carboxylic acids is 1. The van der Waals surface area contributed by atoms with Crippen molar-refractivity contribution in [3.63, 3.8) is 0 Å². The molecule has 2 fully saturated rings. The molecule has 4 nitrogen and oxygen atoms in total. The van der Waals surface area contributed by atoms with E-state index in [1.807, 2.05) is 0 Å². The third-order valence-electron chi connectivity index (χ3n) is 7.00. The quantitative estimate of drug-likeness (QED) is 0.342. The van der Waals surface area contributed by atoms with Crippen LogP contribution in [0.2, 0.25) is 0 Å². The van der Waals surface area contributed by atoms with Gasteiger partial charge in [0.25, 0.3) is 0 Å². The average molecular weight is 415 g/mol. The van der Waals surface area contributed by atoms with E-state index >= 15 is 0 Å². The second-order valence-electron chi connectivity index (χ2n) is 9.16. The van der Waals surface area contributed by atoms with Gasteiger partial charge in [0.05, 0.1) is 17.7 Å². The van der Waals surface area contributed by atoms with Crippen LogP contribution >= 0.6 is 0 Å². The van der Waals surface area contributed by atoms with Crippen molar-refractivity contribution in [2.45, 2.75) is 109 Å². The number of carboxylic acid groups (broad SMARTS) is 1. The Hall–Kier alpha value is -1.84. The fourth-order valence-electron chi connectivity index (χ4n) is 5.43. The third-order valence-corrected chi connectivity index (χ3v) is 7.00. The minimum absolute atomic E-state index is 0.249. The molecule has 30 heavy (non-hydrogen) atoms. The molecule has 4 heteroatoms. The van der Waals surface area contributed by atoms with Crippen molar-refractivity contribution < 1.29 is 19.4 Å². The Balaban J connectivity index is 1.96. The van der Waals surface area contributed by atoms with Crippen LogP contribution < -0.4 is 0 Å². The molecule has 0 radical (unpaired) electrons. The van der Waals surface area contributed by atoms with E-state index in [4.69, 9.17) is 4.74 Å². The van der Waals surface area contributed by atoms with Gasteiger partial charge >= 0.3 is 11.9 Å². The summed E-state index contributed by atoms with van der Waals surface area (Å²) in [6, 6.07) is 3.39. The van der Waals surface area contributed by atoms with Crippen LogP contribution in [0.5, 0.6) is 0 Å². The van der Waals surface area contributed by atoms with Gasteiger partial charge in [0.1, 0.15) is 0 Å². The van der Waals surface area contributed by atoms with Crippen molar-refractivity contribution in [1.82, 2.24) is 0 Å². The standard InChI is InChI=1S/C26H38O4/c1-2-3-4-11-18-30-26(29)22-17-16-21(25(27)28)23(19-12-7-5-8-13-19)24(22)20-14-9-6-10-15-20/h16-17,19-20H,2-15,18H2,1H3,(H,27,28). The summed E-state index contributed by atoms with van der Waals surface area (Å²) in [4.78, 5) is 25.2. The highest BCUT2D eigenvalue weighted by Gasteiger charge is 2.32. The second kappa shape index (κ2) is 11.5. The van der Waals surface area contributed by atoms with Crippen LogP contribution in [0.15, 0.2) is 12.1 Å². The predicted molar refractivity (Wildman–Crippen MR) is 119 cm³/mol. The van der Waals surface area contributed by atoms with Crippen LogP contribution in [0.1, 0.15) is 140 Å². The molecule has 3 rings (SSSR count). The molecule has 0 spiro atoms. The van der Waals surface area contributed by atoms with E-state index in [0.29, 0.717) is 17.7 Å². The number of hydrogen-bond acceptors (Lipinski definition) is 3. The molecule has 0 saturated heterocycles. The zero-order chi connectivity index (χ0) is 21.3. The minimum Gasteiger partial charge on any atom is -0.478 e. The molecule has 2 aliphatic carbocycles.